The number of benzene rings is 2. The number of hydrogen-bond acceptors (Lipinski definition) is 5. The highest BCUT2D eigenvalue weighted by molar-refractivity contribution is 6.32. The van der Waals surface area contributed by atoms with Gasteiger partial charge in [-0.1, -0.05) is 17.7 Å². The monoisotopic (exact) mass is 450 g/mol. The topological polar surface area (TPSA) is 69.7 Å². The smallest absolute Gasteiger partial charge is 0.244 e. The second-order valence-electron chi connectivity index (χ2n) is 7.32. The molecule has 1 aliphatic rings. The highest BCUT2D eigenvalue weighted by Crippen LogP contribution is 2.42. The second kappa shape index (κ2) is 9.75. The number of ether oxygens (including phenoxy) is 3. The first-order chi connectivity index (χ1) is 15.6. The lowest BCUT2D eigenvalue weighted by molar-refractivity contribution is -0.116. The maximum atomic E-state index is 12.2. The average Bonchev–Trinajstić information content (AvgIpc) is 3.25. The summed E-state index contributed by atoms with van der Waals surface area (Å²) >= 11 is 6.54. The highest BCUT2D eigenvalue weighted by Gasteiger charge is 2.26. The number of carbonyl (C=O) groups is 1. The summed E-state index contributed by atoms with van der Waals surface area (Å²) in [6, 6.07) is 13.2. The van der Waals surface area contributed by atoms with Crippen LogP contribution in [0.25, 0.3) is 17.2 Å². The largest absolute Gasteiger partial charge is 0.497 e. The van der Waals surface area contributed by atoms with Crippen LogP contribution in [-0.2, 0) is 11.2 Å². The van der Waals surface area contributed by atoms with Crippen molar-refractivity contribution >= 4 is 23.6 Å². The first-order valence-corrected chi connectivity index (χ1v) is 10.5. The molecule has 2 heterocycles. The molecular weight excluding hydrogens is 428 g/mol. The first kappa shape index (κ1) is 21.7. The molecule has 1 atom stereocenters. The molecule has 32 heavy (non-hydrogen) atoms. The molecule has 0 aliphatic carbocycles. The second-order valence-corrected chi connectivity index (χ2v) is 7.73. The minimum absolute atomic E-state index is 0.193. The number of rotatable bonds is 7. The molecule has 0 radical (unpaired) electrons. The van der Waals surface area contributed by atoms with Gasteiger partial charge in [-0.25, -0.2) is 0 Å². The molecule has 0 spiro atoms. The number of carbonyl (C=O) groups excluding carboxylic acids is 1. The molecule has 0 bridgehead atoms. The van der Waals surface area contributed by atoms with Gasteiger partial charge >= 0.3 is 0 Å². The molecule has 7 heteroatoms. The van der Waals surface area contributed by atoms with Gasteiger partial charge in [-0.3, -0.25) is 9.78 Å². The number of methoxy groups -OCH3 is 2. The SMILES string of the molecule is COc1ccc(OC)c(-c2cc(Cl)c3c(c2)CC(CNC(=O)C=Cc2cccnc2)O3)c1. The molecule has 1 amide bonds. The lowest BCUT2D eigenvalue weighted by atomic mass is 9.99. The van der Waals surface area contributed by atoms with Gasteiger partial charge < -0.3 is 19.5 Å². The summed E-state index contributed by atoms with van der Waals surface area (Å²) in [5.74, 6) is 1.92. The number of nitrogens with one attached hydrogen (secondary N) is 1. The fraction of sp³-hybridized carbons (Fsp3) is 0.200. The van der Waals surface area contributed by atoms with E-state index in [9.17, 15) is 4.79 Å². The average molecular weight is 451 g/mol. The van der Waals surface area contributed by atoms with Crippen LogP contribution in [-0.4, -0.2) is 37.8 Å². The number of nitrogens with zero attached hydrogens (tertiary/aromatic N) is 1. The quantitative estimate of drug-likeness (QED) is 0.535. The van der Waals surface area contributed by atoms with E-state index in [1.165, 1.54) is 6.08 Å². The molecular formula is C25H23ClN2O4. The number of fused-ring (bicyclic) bond motifs is 1. The lowest BCUT2D eigenvalue weighted by Gasteiger charge is -2.13. The third kappa shape index (κ3) is 4.86. The van der Waals surface area contributed by atoms with Crippen molar-refractivity contribution in [3.63, 3.8) is 0 Å². The Bertz CT molecular complexity index is 1150. The Kier molecular flexibility index (Phi) is 6.61. The Balaban J connectivity index is 1.45. The maximum absolute atomic E-state index is 12.2. The minimum Gasteiger partial charge on any atom is -0.497 e. The summed E-state index contributed by atoms with van der Waals surface area (Å²) < 4.78 is 16.9. The minimum atomic E-state index is -0.194. The molecule has 1 aromatic heterocycles. The number of amides is 1. The van der Waals surface area contributed by atoms with Crippen molar-refractivity contribution in [2.45, 2.75) is 12.5 Å². The number of pyridine rings is 1. The Morgan fingerprint density at radius 3 is 2.88 bits per heavy atom. The van der Waals surface area contributed by atoms with Crippen LogP contribution in [0, 0.1) is 0 Å². The van der Waals surface area contributed by atoms with E-state index in [4.69, 9.17) is 25.8 Å². The zero-order valence-corrected chi connectivity index (χ0v) is 18.6. The van der Waals surface area contributed by atoms with Gasteiger partial charge in [0.05, 0.1) is 25.8 Å². The van der Waals surface area contributed by atoms with E-state index >= 15 is 0 Å². The third-order valence-electron chi connectivity index (χ3n) is 5.19. The summed E-state index contributed by atoms with van der Waals surface area (Å²) in [5.41, 5.74) is 3.65. The van der Waals surface area contributed by atoms with Gasteiger partial charge in [-0.05, 0) is 53.6 Å². The molecule has 3 aromatic rings. The summed E-state index contributed by atoms with van der Waals surface area (Å²) in [6.07, 6.45) is 7.03. The van der Waals surface area contributed by atoms with Gasteiger partial charge in [-0.15, -0.1) is 0 Å². The fourth-order valence-corrected chi connectivity index (χ4v) is 3.90. The van der Waals surface area contributed by atoms with E-state index in [1.807, 2.05) is 42.5 Å². The summed E-state index contributed by atoms with van der Waals surface area (Å²) in [5, 5.41) is 3.40. The molecule has 164 valence electrons. The van der Waals surface area contributed by atoms with Crippen molar-refractivity contribution in [1.29, 1.82) is 0 Å². The van der Waals surface area contributed by atoms with Crippen LogP contribution < -0.4 is 19.5 Å². The molecule has 0 fully saturated rings. The number of halogens is 1. The Hall–Kier alpha value is -3.51. The van der Waals surface area contributed by atoms with Gasteiger partial charge in [0.2, 0.25) is 5.91 Å². The molecule has 1 N–H and O–H groups in total. The van der Waals surface area contributed by atoms with Crippen molar-refractivity contribution in [3.05, 3.63) is 77.1 Å². The summed E-state index contributed by atoms with van der Waals surface area (Å²) in [6.45, 7) is 0.374. The third-order valence-corrected chi connectivity index (χ3v) is 5.47. The van der Waals surface area contributed by atoms with Crippen molar-refractivity contribution < 1.29 is 19.0 Å². The van der Waals surface area contributed by atoms with Crippen molar-refractivity contribution in [2.24, 2.45) is 0 Å². The van der Waals surface area contributed by atoms with Gasteiger partial charge in [0.15, 0.2) is 0 Å². The number of aromatic nitrogens is 1. The fourth-order valence-electron chi connectivity index (χ4n) is 3.62. The molecule has 0 saturated carbocycles. The van der Waals surface area contributed by atoms with Crippen LogP contribution in [0.2, 0.25) is 5.02 Å². The standard InChI is InChI=1S/C25H23ClN2O4/c1-30-19-6-7-23(31-2)21(13-19)17-10-18-11-20(32-25(18)22(26)12-17)15-28-24(29)8-5-16-4-3-9-27-14-16/h3-10,12-14,20H,11,15H2,1-2H3,(H,28,29). The van der Waals surface area contributed by atoms with Gasteiger partial charge in [0, 0.05) is 36.0 Å². The van der Waals surface area contributed by atoms with E-state index < -0.39 is 0 Å². The van der Waals surface area contributed by atoms with Gasteiger partial charge in [0.1, 0.15) is 23.4 Å². The predicted octanol–water partition coefficient (Wildman–Crippen LogP) is 4.55. The zero-order valence-electron chi connectivity index (χ0n) is 17.8. The van der Waals surface area contributed by atoms with Crippen molar-refractivity contribution in [3.8, 4) is 28.4 Å². The molecule has 4 rings (SSSR count). The summed E-state index contributed by atoms with van der Waals surface area (Å²) in [4.78, 5) is 16.2. The van der Waals surface area contributed by atoms with E-state index in [0.29, 0.717) is 23.7 Å². The van der Waals surface area contributed by atoms with Crippen LogP contribution in [0.5, 0.6) is 17.2 Å². The molecule has 1 unspecified atom stereocenters. The zero-order chi connectivity index (χ0) is 22.5. The maximum Gasteiger partial charge on any atom is 0.244 e. The van der Waals surface area contributed by atoms with E-state index in [-0.39, 0.29) is 12.0 Å². The van der Waals surface area contributed by atoms with E-state index in [0.717, 1.165) is 33.8 Å². The van der Waals surface area contributed by atoms with Crippen LogP contribution in [0.15, 0.2) is 60.9 Å². The molecule has 2 aromatic carbocycles. The normalized spacial score (nSPS) is 14.7. The van der Waals surface area contributed by atoms with Crippen LogP contribution in [0.1, 0.15) is 11.1 Å². The Morgan fingerprint density at radius 2 is 2.12 bits per heavy atom. The van der Waals surface area contributed by atoms with Gasteiger partial charge in [-0.2, -0.15) is 0 Å². The Morgan fingerprint density at radius 1 is 1.25 bits per heavy atom. The van der Waals surface area contributed by atoms with Crippen LogP contribution in [0.4, 0.5) is 0 Å². The highest BCUT2D eigenvalue weighted by atomic mass is 35.5. The summed E-state index contributed by atoms with van der Waals surface area (Å²) in [7, 11) is 3.25. The van der Waals surface area contributed by atoms with Crippen molar-refractivity contribution in [1.82, 2.24) is 10.3 Å². The van der Waals surface area contributed by atoms with Crippen LogP contribution in [0.3, 0.4) is 0 Å². The lowest BCUT2D eigenvalue weighted by Crippen LogP contribution is -2.33. The van der Waals surface area contributed by atoms with Gasteiger partial charge in [0.25, 0.3) is 0 Å². The predicted molar refractivity (Wildman–Crippen MR) is 124 cm³/mol. The van der Waals surface area contributed by atoms with E-state index in [2.05, 4.69) is 10.3 Å². The molecule has 0 saturated heterocycles. The van der Waals surface area contributed by atoms with E-state index in [1.54, 1.807) is 32.7 Å². The molecule has 6 nitrogen and oxygen atoms in total. The molecule has 1 aliphatic heterocycles. The van der Waals surface area contributed by atoms with Crippen LogP contribution >= 0.6 is 11.6 Å². The van der Waals surface area contributed by atoms with Crippen molar-refractivity contribution in [2.75, 3.05) is 20.8 Å². The number of hydrogen-bond donors (Lipinski definition) is 1. The first-order valence-electron chi connectivity index (χ1n) is 10.1. The Labute approximate surface area is 191 Å².